The molecule has 0 unspecified atom stereocenters. The molecule has 0 saturated carbocycles. The smallest absolute Gasteiger partial charge is 0.0979 e. The Hall–Kier alpha value is -3.23. The lowest BCUT2D eigenvalue weighted by molar-refractivity contribution is 0.156. The second-order valence-corrected chi connectivity index (χ2v) is 7.27. The molecule has 1 aromatic heterocycles. The number of fused-ring (bicyclic) bond motifs is 1. The first-order chi connectivity index (χ1) is 13.9. The van der Waals surface area contributed by atoms with Gasteiger partial charge in [0.2, 0.25) is 0 Å². The first-order valence-electron chi connectivity index (χ1n) is 9.73. The molecule has 0 atom stereocenters. The number of rotatable bonds is 4. The van der Waals surface area contributed by atoms with Crippen LogP contribution in [-0.2, 0) is 18.6 Å². The van der Waals surface area contributed by atoms with Crippen LogP contribution in [0, 0.1) is 0 Å². The number of nitrogens with zero attached hydrogens (tertiary/aromatic N) is 2. The second kappa shape index (κ2) is 7.06. The molecule has 0 aliphatic carbocycles. The minimum Gasteiger partial charge on any atom is -0.276 e. The van der Waals surface area contributed by atoms with Crippen LogP contribution in [0.4, 0.5) is 0 Å². The van der Waals surface area contributed by atoms with Gasteiger partial charge in [-0.2, -0.15) is 0 Å². The van der Waals surface area contributed by atoms with Crippen LogP contribution in [0.15, 0.2) is 109 Å². The molecule has 136 valence electrons. The van der Waals surface area contributed by atoms with Crippen LogP contribution >= 0.6 is 0 Å². The monoisotopic (exact) mass is 362 g/mol. The predicted molar refractivity (Wildman–Crippen MR) is 113 cm³/mol. The van der Waals surface area contributed by atoms with Crippen molar-refractivity contribution in [3.05, 3.63) is 137 Å². The van der Waals surface area contributed by atoms with E-state index < -0.39 is 0 Å². The minimum absolute atomic E-state index is 0.371. The highest BCUT2D eigenvalue weighted by Crippen LogP contribution is 2.45. The summed E-state index contributed by atoms with van der Waals surface area (Å²) in [5.74, 6) is 0. The summed E-state index contributed by atoms with van der Waals surface area (Å²) < 4.78 is 0. The van der Waals surface area contributed by atoms with Gasteiger partial charge in [-0.25, -0.2) is 0 Å². The molecule has 0 bridgehead atoms. The molecule has 2 heterocycles. The van der Waals surface area contributed by atoms with Crippen LogP contribution in [-0.4, -0.2) is 9.88 Å². The fraction of sp³-hybridized carbons (Fsp3) is 0.115. The summed E-state index contributed by atoms with van der Waals surface area (Å²) in [7, 11) is 0. The highest BCUT2D eigenvalue weighted by Gasteiger charge is 2.44. The molecule has 0 fully saturated rings. The Bertz CT molecular complexity index is 937. The van der Waals surface area contributed by atoms with Crippen molar-refractivity contribution in [3.8, 4) is 0 Å². The van der Waals surface area contributed by atoms with E-state index in [2.05, 4.69) is 107 Å². The Labute approximate surface area is 166 Å². The van der Waals surface area contributed by atoms with Gasteiger partial charge in [-0.3, -0.25) is 9.88 Å². The SMILES string of the molecule is c1ccc(C(c2ccccc2)(c2ccccc2)N2Cc3cccnc3C2)cc1. The van der Waals surface area contributed by atoms with E-state index in [0.29, 0.717) is 0 Å². The van der Waals surface area contributed by atoms with Gasteiger partial charge in [0.15, 0.2) is 0 Å². The van der Waals surface area contributed by atoms with Gasteiger partial charge in [-0.15, -0.1) is 0 Å². The first-order valence-corrected chi connectivity index (χ1v) is 9.73. The molecule has 3 aromatic carbocycles. The molecule has 28 heavy (non-hydrogen) atoms. The summed E-state index contributed by atoms with van der Waals surface area (Å²) in [5, 5.41) is 0. The zero-order chi connectivity index (χ0) is 18.8. The Kier molecular flexibility index (Phi) is 4.27. The molecule has 0 N–H and O–H groups in total. The quantitative estimate of drug-likeness (QED) is 0.453. The molecule has 4 aromatic rings. The highest BCUT2D eigenvalue weighted by atomic mass is 15.2. The van der Waals surface area contributed by atoms with Crippen LogP contribution in [0.1, 0.15) is 27.9 Å². The van der Waals surface area contributed by atoms with Gasteiger partial charge in [0.1, 0.15) is 0 Å². The highest BCUT2D eigenvalue weighted by molar-refractivity contribution is 5.50. The maximum absolute atomic E-state index is 4.66. The second-order valence-electron chi connectivity index (χ2n) is 7.27. The molecule has 2 heteroatoms. The molecule has 0 amide bonds. The average Bonchev–Trinajstić information content (AvgIpc) is 3.21. The molecule has 2 nitrogen and oxygen atoms in total. The van der Waals surface area contributed by atoms with Gasteiger partial charge < -0.3 is 0 Å². The summed E-state index contributed by atoms with van der Waals surface area (Å²) in [6.45, 7) is 1.71. The molecule has 1 aliphatic heterocycles. The zero-order valence-corrected chi connectivity index (χ0v) is 15.7. The largest absolute Gasteiger partial charge is 0.276 e. The van der Waals surface area contributed by atoms with E-state index in [9.17, 15) is 0 Å². The number of benzene rings is 3. The molecular formula is C26H22N2. The summed E-state index contributed by atoms with van der Waals surface area (Å²) in [4.78, 5) is 7.22. The lowest BCUT2D eigenvalue weighted by atomic mass is 9.75. The molecular weight excluding hydrogens is 340 g/mol. The minimum atomic E-state index is -0.371. The Morgan fingerprint density at radius 3 is 1.54 bits per heavy atom. The fourth-order valence-corrected chi connectivity index (χ4v) is 4.52. The van der Waals surface area contributed by atoms with Crippen LogP contribution in [0.3, 0.4) is 0 Å². The predicted octanol–water partition coefficient (Wildman–Crippen LogP) is 5.39. The van der Waals surface area contributed by atoms with Crippen molar-refractivity contribution in [2.24, 2.45) is 0 Å². The van der Waals surface area contributed by atoms with Crippen LogP contribution < -0.4 is 0 Å². The molecule has 0 spiro atoms. The van der Waals surface area contributed by atoms with Crippen LogP contribution in [0.2, 0.25) is 0 Å². The van der Waals surface area contributed by atoms with Crippen LogP contribution in [0.5, 0.6) is 0 Å². The number of aromatic nitrogens is 1. The van der Waals surface area contributed by atoms with Crippen molar-refractivity contribution in [1.82, 2.24) is 9.88 Å². The van der Waals surface area contributed by atoms with Gasteiger partial charge in [0.25, 0.3) is 0 Å². The Morgan fingerprint density at radius 1 is 0.571 bits per heavy atom. The maximum atomic E-state index is 4.66. The van der Waals surface area contributed by atoms with Crippen molar-refractivity contribution in [3.63, 3.8) is 0 Å². The third-order valence-corrected chi connectivity index (χ3v) is 5.74. The van der Waals surface area contributed by atoms with E-state index in [1.807, 2.05) is 12.3 Å². The van der Waals surface area contributed by atoms with Gasteiger partial charge in [-0.1, -0.05) is 97.1 Å². The van der Waals surface area contributed by atoms with E-state index in [1.54, 1.807) is 0 Å². The zero-order valence-electron chi connectivity index (χ0n) is 15.7. The number of hydrogen-bond acceptors (Lipinski definition) is 2. The van der Waals surface area contributed by atoms with E-state index in [4.69, 9.17) is 0 Å². The maximum Gasteiger partial charge on any atom is 0.0979 e. The van der Waals surface area contributed by atoms with E-state index in [0.717, 1.165) is 13.1 Å². The summed E-state index contributed by atoms with van der Waals surface area (Å²) in [6.07, 6.45) is 1.90. The van der Waals surface area contributed by atoms with Crippen molar-refractivity contribution in [2.45, 2.75) is 18.6 Å². The van der Waals surface area contributed by atoms with Gasteiger partial charge in [-0.05, 0) is 28.3 Å². The van der Waals surface area contributed by atoms with E-state index in [1.165, 1.54) is 27.9 Å². The molecule has 0 saturated heterocycles. The first kappa shape index (κ1) is 16.9. The van der Waals surface area contributed by atoms with E-state index in [-0.39, 0.29) is 5.54 Å². The lowest BCUT2D eigenvalue weighted by Gasteiger charge is -2.43. The standard InChI is InChI=1S/C26H22N2/c1-4-12-22(13-5-1)26(23-14-6-2-7-15-23,24-16-8-3-9-17-24)28-19-21-11-10-18-27-25(21)20-28/h1-18H,19-20H2. The summed E-state index contributed by atoms with van der Waals surface area (Å²) >= 11 is 0. The summed E-state index contributed by atoms with van der Waals surface area (Å²) in [6, 6.07) is 36.8. The topological polar surface area (TPSA) is 16.1 Å². The van der Waals surface area contributed by atoms with Gasteiger partial charge in [0.05, 0.1) is 11.2 Å². The Balaban J connectivity index is 1.79. The number of hydrogen-bond donors (Lipinski definition) is 0. The molecule has 1 aliphatic rings. The van der Waals surface area contributed by atoms with Crippen molar-refractivity contribution in [1.29, 1.82) is 0 Å². The number of pyridine rings is 1. The lowest BCUT2D eigenvalue weighted by Crippen LogP contribution is -2.45. The van der Waals surface area contributed by atoms with Crippen LogP contribution in [0.25, 0.3) is 0 Å². The fourth-order valence-electron chi connectivity index (χ4n) is 4.52. The summed E-state index contributed by atoms with van der Waals surface area (Å²) in [5.41, 5.74) is 5.95. The third kappa shape index (κ3) is 2.65. The van der Waals surface area contributed by atoms with Gasteiger partial charge >= 0.3 is 0 Å². The van der Waals surface area contributed by atoms with E-state index >= 15 is 0 Å². The van der Waals surface area contributed by atoms with Crippen molar-refractivity contribution < 1.29 is 0 Å². The van der Waals surface area contributed by atoms with Crippen molar-refractivity contribution in [2.75, 3.05) is 0 Å². The van der Waals surface area contributed by atoms with Gasteiger partial charge in [0, 0.05) is 19.3 Å². The average molecular weight is 362 g/mol. The Morgan fingerprint density at radius 2 is 1.07 bits per heavy atom. The molecule has 0 radical (unpaired) electrons. The van der Waals surface area contributed by atoms with Crippen molar-refractivity contribution >= 4 is 0 Å². The normalized spacial score (nSPS) is 14.0. The molecule has 5 rings (SSSR count). The third-order valence-electron chi connectivity index (χ3n) is 5.74.